The fourth-order valence-corrected chi connectivity index (χ4v) is 3.69. The molecule has 0 radical (unpaired) electrons. The fraction of sp³-hybridized carbons (Fsp3) is 0.474. The van der Waals surface area contributed by atoms with Crippen molar-refractivity contribution in [2.75, 3.05) is 13.1 Å². The molecule has 0 aromatic carbocycles. The number of halogens is 1. The summed E-state index contributed by atoms with van der Waals surface area (Å²) < 4.78 is 23.7. The van der Waals surface area contributed by atoms with Crippen LogP contribution in [-0.4, -0.2) is 58.7 Å². The Hall–Kier alpha value is -3.57. The molecular formula is C19H22FN7O4. The average molecular weight is 431 g/mol. The van der Waals surface area contributed by atoms with Crippen LogP contribution in [0.4, 0.5) is 4.39 Å². The van der Waals surface area contributed by atoms with E-state index >= 15 is 0 Å². The monoisotopic (exact) mass is 431 g/mol. The summed E-state index contributed by atoms with van der Waals surface area (Å²) in [5, 5.41) is 0. The maximum Gasteiger partial charge on any atom is 0.332 e. The number of aromatic nitrogens is 6. The van der Waals surface area contributed by atoms with Crippen molar-refractivity contribution in [2.24, 2.45) is 14.1 Å². The van der Waals surface area contributed by atoms with Gasteiger partial charge in [-0.05, 0) is 6.42 Å². The molecule has 0 N–H and O–H groups in total. The molecule has 1 amide bonds. The van der Waals surface area contributed by atoms with Crippen molar-refractivity contribution >= 4 is 17.1 Å². The molecule has 0 aliphatic carbocycles. The van der Waals surface area contributed by atoms with Crippen LogP contribution < -0.4 is 16.0 Å². The Labute approximate surface area is 175 Å². The Balaban J connectivity index is 1.49. The number of aryl methyl sites for hydroxylation is 2. The van der Waals surface area contributed by atoms with Gasteiger partial charge in [0.25, 0.3) is 11.4 Å². The Bertz CT molecular complexity index is 1280. The molecule has 0 saturated carbocycles. The molecule has 1 saturated heterocycles. The highest BCUT2D eigenvalue weighted by Crippen LogP contribution is 2.21. The van der Waals surface area contributed by atoms with Gasteiger partial charge < -0.3 is 14.2 Å². The summed E-state index contributed by atoms with van der Waals surface area (Å²) in [6.07, 6.45) is 3.18. The van der Waals surface area contributed by atoms with Gasteiger partial charge >= 0.3 is 5.69 Å². The van der Waals surface area contributed by atoms with Crippen molar-refractivity contribution in [3.8, 4) is 5.88 Å². The molecule has 1 aliphatic rings. The number of carbonyl (C=O) groups is 1. The largest absolute Gasteiger partial charge is 0.470 e. The summed E-state index contributed by atoms with van der Waals surface area (Å²) in [5.74, 6) is -0.934. The van der Waals surface area contributed by atoms with Crippen LogP contribution >= 0.6 is 0 Å². The number of imidazole rings is 1. The standard InChI is InChI=1S/C19H22FN7O4/c1-4-12-14(20)17(22-9-21-12)31-11-5-6-26(7-11)13(28)8-27-10-23-16-15(27)18(29)25(3)19(30)24(16)2/h9-11H,4-8H2,1-3H3/t11-/m1/s1. The third-order valence-corrected chi connectivity index (χ3v) is 5.46. The van der Waals surface area contributed by atoms with Crippen LogP contribution in [0.25, 0.3) is 11.2 Å². The number of rotatable bonds is 5. The molecule has 1 atom stereocenters. The topological polar surface area (TPSA) is 117 Å². The maximum atomic E-state index is 14.3. The minimum atomic E-state index is -0.582. The van der Waals surface area contributed by atoms with E-state index in [9.17, 15) is 18.8 Å². The Morgan fingerprint density at radius 1 is 1.23 bits per heavy atom. The molecule has 12 heteroatoms. The first kappa shape index (κ1) is 20.7. The zero-order chi connectivity index (χ0) is 22.3. The van der Waals surface area contributed by atoms with Crippen molar-refractivity contribution < 1.29 is 13.9 Å². The number of amides is 1. The van der Waals surface area contributed by atoms with E-state index in [-0.39, 0.29) is 41.7 Å². The Kier molecular flexibility index (Phi) is 5.29. The molecule has 0 spiro atoms. The van der Waals surface area contributed by atoms with Crippen molar-refractivity contribution in [2.45, 2.75) is 32.4 Å². The van der Waals surface area contributed by atoms with Crippen LogP contribution in [0, 0.1) is 5.82 Å². The van der Waals surface area contributed by atoms with Crippen LogP contribution in [0.2, 0.25) is 0 Å². The molecule has 1 aliphatic heterocycles. The molecule has 31 heavy (non-hydrogen) atoms. The number of carbonyl (C=O) groups excluding carboxylic acids is 1. The van der Waals surface area contributed by atoms with Crippen molar-refractivity contribution in [3.05, 3.63) is 45.0 Å². The molecule has 11 nitrogen and oxygen atoms in total. The molecule has 3 aromatic heterocycles. The zero-order valence-corrected chi connectivity index (χ0v) is 17.4. The van der Waals surface area contributed by atoms with Gasteiger partial charge in [-0.3, -0.25) is 18.7 Å². The lowest BCUT2D eigenvalue weighted by atomic mass is 10.3. The lowest BCUT2D eigenvalue weighted by Crippen LogP contribution is -2.38. The number of ether oxygens (including phenoxy) is 1. The highest BCUT2D eigenvalue weighted by atomic mass is 19.1. The first-order chi connectivity index (χ1) is 14.8. The van der Waals surface area contributed by atoms with Gasteiger partial charge in [0.05, 0.1) is 18.6 Å². The Morgan fingerprint density at radius 3 is 2.74 bits per heavy atom. The highest BCUT2D eigenvalue weighted by molar-refractivity contribution is 5.79. The predicted octanol–water partition coefficient (Wildman–Crippen LogP) is -0.395. The molecule has 164 valence electrons. The molecule has 3 aromatic rings. The van der Waals surface area contributed by atoms with Gasteiger partial charge in [0.1, 0.15) is 19.0 Å². The smallest absolute Gasteiger partial charge is 0.332 e. The van der Waals surface area contributed by atoms with Gasteiger partial charge in [-0.25, -0.2) is 14.8 Å². The quantitative estimate of drug-likeness (QED) is 0.540. The van der Waals surface area contributed by atoms with Crippen molar-refractivity contribution in [1.29, 1.82) is 0 Å². The second-order valence-corrected chi connectivity index (χ2v) is 7.41. The van der Waals surface area contributed by atoms with Crippen LogP contribution in [0.5, 0.6) is 5.88 Å². The number of nitrogens with zero attached hydrogens (tertiary/aromatic N) is 7. The first-order valence-electron chi connectivity index (χ1n) is 9.86. The first-order valence-corrected chi connectivity index (χ1v) is 9.86. The van der Waals surface area contributed by atoms with Gasteiger partial charge in [0.2, 0.25) is 11.7 Å². The summed E-state index contributed by atoms with van der Waals surface area (Å²) in [5.41, 5.74) is -0.331. The van der Waals surface area contributed by atoms with Crippen LogP contribution in [-0.2, 0) is 31.9 Å². The molecule has 1 fully saturated rings. The lowest BCUT2D eigenvalue weighted by Gasteiger charge is -2.18. The predicted molar refractivity (Wildman–Crippen MR) is 107 cm³/mol. The molecule has 4 rings (SSSR count). The SMILES string of the molecule is CCc1ncnc(O[C@@H]2CCN(C(=O)Cn3cnc4c3c(=O)n(C)c(=O)n4C)C2)c1F. The number of likely N-dealkylation sites (tertiary alicyclic amines) is 1. The van der Waals surface area contributed by atoms with Crippen LogP contribution in [0.1, 0.15) is 19.0 Å². The van der Waals surface area contributed by atoms with E-state index in [1.165, 1.54) is 35.9 Å². The van der Waals surface area contributed by atoms with E-state index in [4.69, 9.17) is 4.74 Å². The number of hydrogen-bond donors (Lipinski definition) is 0. The van der Waals surface area contributed by atoms with E-state index in [0.717, 1.165) is 4.57 Å². The second-order valence-electron chi connectivity index (χ2n) is 7.41. The van der Waals surface area contributed by atoms with Gasteiger partial charge in [0.15, 0.2) is 11.2 Å². The van der Waals surface area contributed by atoms with E-state index in [1.54, 1.807) is 11.8 Å². The molecule has 0 bridgehead atoms. The molecule has 4 heterocycles. The number of hydrogen-bond acceptors (Lipinski definition) is 7. The Morgan fingerprint density at radius 2 is 2.00 bits per heavy atom. The summed E-state index contributed by atoms with van der Waals surface area (Å²) in [6.45, 7) is 2.38. The summed E-state index contributed by atoms with van der Waals surface area (Å²) in [4.78, 5) is 50.8. The minimum Gasteiger partial charge on any atom is -0.470 e. The van der Waals surface area contributed by atoms with E-state index in [1.807, 2.05) is 0 Å². The summed E-state index contributed by atoms with van der Waals surface area (Å²) in [6, 6.07) is 0. The minimum absolute atomic E-state index is 0.113. The van der Waals surface area contributed by atoms with Gasteiger partial charge in [-0.15, -0.1) is 0 Å². The third kappa shape index (κ3) is 3.57. The maximum absolute atomic E-state index is 14.3. The van der Waals surface area contributed by atoms with E-state index < -0.39 is 23.2 Å². The van der Waals surface area contributed by atoms with E-state index in [2.05, 4.69) is 15.0 Å². The lowest BCUT2D eigenvalue weighted by molar-refractivity contribution is -0.131. The van der Waals surface area contributed by atoms with Gasteiger partial charge in [-0.1, -0.05) is 6.92 Å². The summed E-state index contributed by atoms with van der Waals surface area (Å²) in [7, 11) is 2.89. The highest BCUT2D eigenvalue weighted by Gasteiger charge is 2.29. The molecule has 0 unspecified atom stereocenters. The van der Waals surface area contributed by atoms with Gasteiger partial charge in [-0.2, -0.15) is 9.37 Å². The van der Waals surface area contributed by atoms with Crippen LogP contribution in [0.3, 0.4) is 0 Å². The van der Waals surface area contributed by atoms with E-state index in [0.29, 0.717) is 19.4 Å². The van der Waals surface area contributed by atoms with Crippen molar-refractivity contribution in [3.63, 3.8) is 0 Å². The van der Waals surface area contributed by atoms with Crippen LogP contribution in [0.15, 0.2) is 22.2 Å². The second kappa shape index (κ2) is 7.93. The van der Waals surface area contributed by atoms with Gasteiger partial charge in [0, 0.05) is 27.1 Å². The zero-order valence-electron chi connectivity index (χ0n) is 17.4. The molecular weight excluding hydrogens is 409 g/mol. The normalized spacial score (nSPS) is 16.3. The third-order valence-electron chi connectivity index (χ3n) is 5.46. The average Bonchev–Trinajstić information content (AvgIpc) is 3.39. The number of fused-ring (bicyclic) bond motifs is 1. The summed E-state index contributed by atoms with van der Waals surface area (Å²) >= 11 is 0. The fourth-order valence-electron chi connectivity index (χ4n) is 3.69. The van der Waals surface area contributed by atoms with Crippen molar-refractivity contribution in [1.82, 2.24) is 33.6 Å².